The third-order valence-electron chi connectivity index (χ3n) is 5.07. The average molecular weight is 430 g/mol. The molecule has 0 bridgehead atoms. The first-order valence-electron chi connectivity index (χ1n) is 9.11. The van der Waals surface area contributed by atoms with Crippen LogP contribution in [0.3, 0.4) is 0 Å². The molecular weight excluding hydrogens is 408 g/mol. The van der Waals surface area contributed by atoms with Crippen molar-refractivity contribution < 1.29 is 37.4 Å². The quantitative estimate of drug-likeness (QED) is 0.573. The molecule has 1 atom stereocenters. The summed E-state index contributed by atoms with van der Waals surface area (Å²) in [4.78, 5) is 17.9. The number of hydrogen-bond acceptors (Lipinski definition) is 3. The molecule has 0 amide bonds. The molecule has 1 aliphatic carbocycles. The highest BCUT2D eigenvalue weighted by atomic mass is 31.2. The summed E-state index contributed by atoms with van der Waals surface area (Å²) in [5.74, 6) is -0.579. The molecule has 0 aliphatic heterocycles. The minimum absolute atomic E-state index is 0.0151. The largest absolute Gasteiger partial charge is 0.508 e. The summed E-state index contributed by atoms with van der Waals surface area (Å²) in [5.41, 5.74) is 1.11. The lowest BCUT2D eigenvalue weighted by molar-refractivity contribution is -0.138. The third-order valence-corrected chi connectivity index (χ3v) is 5.54. The van der Waals surface area contributed by atoms with Gasteiger partial charge in [-0.25, -0.2) is 0 Å². The van der Waals surface area contributed by atoms with Gasteiger partial charge < -0.3 is 19.6 Å². The van der Waals surface area contributed by atoms with E-state index in [1.807, 2.05) is 13.8 Å². The molecule has 5 nitrogen and oxygen atoms in total. The van der Waals surface area contributed by atoms with Crippen molar-refractivity contribution in [3.8, 4) is 11.5 Å². The molecule has 1 aliphatic rings. The van der Waals surface area contributed by atoms with Gasteiger partial charge in [0.05, 0.1) is 5.56 Å². The van der Waals surface area contributed by atoms with E-state index in [0.29, 0.717) is 29.5 Å². The average Bonchev–Trinajstić information content (AvgIpc) is 3.02. The number of ether oxygens (including phenoxy) is 1. The van der Waals surface area contributed by atoms with Gasteiger partial charge in [0.1, 0.15) is 11.5 Å². The number of rotatable bonds is 5. The lowest BCUT2D eigenvalue weighted by atomic mass is 9.87. The molecule has 0 spiro atoms. The first-order chi connectivity index (χ1) is 13.4. The fraction of sp³-hybridized carbons (Fsp3) is 0.400. The zero-order valence-electron chi connectivity index (χ0n) is 15.9. The van der Waals surface area contributed by atoms with Gasteiger partial charge in [-0.2, -0.15) is 13.2 Å². The minimum atomic E-state index is -4.65. The Bertz CT molecular complexity index is 965. The van der Waals surface area contributed by atoms with E-state index in [1.165, 1.54) is 12.1 Å². The first kappa shape index (κ1) is 21.7. The molecule has 1 unspecified atom stereocenters. The number of fused-ring (bicyclic) bond motifs is 1. The summed E-state index contributed by atoms with van der Waals surface area (Å²) in [7, 11) is -4.51. The van der Waals surface area contributed by atoms with E-state index in [0.717, 1.165) is 6.07 Å². The van der Waals surface area contributed by atoms with Crippen molar-refractivity contribution in [2.75, 3.05) is 6.35 Å². The smallest absolute Gasteiger partial charge is 0.416 e. The van der Waals surface area contributed by atoms with Crippen LogP contribution in [-0.4, -0.2) is 21.2 Å². The number of halogens is 3. The van der Waals surface area contributed by atoms with Gasteiger partial charge in [-0.15, -0.1) is 0 Å². The Morgan fingerprint density at radius 2 is 1.90 bits per heavy atom. The van der Waals surface area contributed by atoms with Crippen LogP contribution >= 0.6 is 7.60 Å². The van der Waals surface area contributed by atoms with Crippen molar-refractivity contribution in [3.05, 3.63) is 58.1 Å². The maximum absolute atomic E-state index is 13.8. The fourth-order valence-electron chi connectivity index (χ4n) is 3.81. The second kappa shape index (κ2) is 7.67. The summed E-state index contributed by atoms with van der Waals surface area (Å²) >= 11 is 0. The van der Waals surface area contributed by atoms with Crippen molar-refractivity contribution in [2.24, 2.45) is 0 Å². The molecule has 9 heteroatoms. The van der Waals surface area contributed by atoms with Crippen LogP contribution in [0.1, 0.15) is 59.9 Å². The van der Waals surface area contributed by atoms with Crippen molar-refractivity contribution in [1.29, 1.82) is 0 Å². The number of aromatic hydroxyl groups is 1. The summed E-state index contributed by atoms with van der Waals surface area (Å²) in [6.07, 6.45) is -4.79. The minimum Gasteiger partial charge on any atom is -0.508 e. The van der Waals surface area contributed by atoms with E-state index in [-0.39, 0.29) is 23.0 Å². The molecule has 0 radical (unpaired) electrons. The monoisotopic (exact) mass is 430 g/mol. The van der Waals surface area contributed by atoms with Crippen molar-refractivity contribution in [3.63, 3.8) is 0 Å². The van der Waals surface area contributed by atoms with E-state index < -0.39 is 31.6 Å². The van der Waals surface area contributed by atoms with E-state index in [4.69, 9.17) is 14.5 Å². The Kier molecular flexibility index (Phi) is 5.73. The zero-order valence-corrected chi connectivity index (χ0v) is 16.8. The van der Waals surface area contributed by atoms with Crippen LogP contribution in [0.25, 0.3) is 0 Å². The van der Waals surface area contributed by atoms with Gasteiger partial charge in [-0.1, -0.05) is 26.0 Å². The van der Waals surface area contributed by atoms with Gasteiger partial charge in [0.25, 0.3) is 0 Å². The number of hydrogen-bond donors (Lipinski definition) is 3. The number of phenols is 1. The van der Waals surface area contributed by atoms with Crippen molar-refractivity contribution in [2.45, 2.75) is 44.7 Å². The van der Waals surface area contributed by atoms with Gasteiger partial charge in [0.15, 0.2) is 6.35 Å². The summed E-state index contributed by atoms with van der Waals surface area (Å²) in [6.45, 7) is 3.79. The second-order valence-electron chi connectivity index (χ2n) is 7.54. The number of alkyl halides is 3. The van der Waals surface area contributed by atoms with E-state index >= 15 is 0 Å². The molecule has 0 fully saturated rings. The molecule has 0 aromatic heterocycles. The van der Waals surface area contributed by atoms with Gasteiger partial charge in [-0.05, 0) is 59.2 Å². The summed E-state index contributed by atoms with van der Waals surface area (Å²) in [5, 5.41) is 10.0. The lowest BCUT2D eigenvalue weighted by Gasteiger charge is -2.21. The highest BCUT2D eigenvalue weighted by molar-refractivity contribution is 7.51. The van der Waals surface area contributed by atoms with Crippen LogP contribution in [0.2, 0.25) is 0 Å². The molecule has 3 rings (SSSR count). The van der Waals surface area contributed by atoms with E-state index in [2.05, 4.69) is 0 Å². The Balaban J connectivity index is 2.07. The first-order valence-corrected chi connectivity index (χ1v) is 10.9. The zero-order chi connectivity index (χ0) is 21.6. The molecule has 0 saturated carbocycles. The molecule has 2 aromatic carbocycles. The summed E-state index contributed by atoms with van der Waals surface area (Å²) < 4.78 is 57.4. The predicted octanol–water partition coefficient (Wildman–Crippen LogP) is 5.13. The molecular formula is C20H22F3O5P. The Morgan fingerprint density at radius 1 is 1.21 bits per heavy atom. The highest BCUT2D eigenvalue weighted by Gasteiger charge is 2.40. The van der Waals surface area contributed by atoms with Crippen LogP contribution < -0.4 is 4.74 Å². The predicted molar refractivity (Wildman–Crippen MR) is 101 cm³/mol. The normalized spacial score (nSPS) is 16.9. The standard InChI is InChI=1S/C20H22F3O5P/c1-11(2)16-8-12(4-6-18(16)24)15-5-3-13-7-14(28-10-29(25,26)27)9-17(19(13)15)20(21,22)23/h4,6-9,11,15,24H,3,5,10H2,1-2H3,(H2,25,26,27). The van der Waals surface area contributed by atoms with Crippen LogP contribution in [0, 0.1) is 0 Å². The van der Waals surface area contributed by atoms with Crippen LogP contribution in [0.4, 0.5) is 13.2 Å². The third kappa shape index (κ3) is 4.77. The van der Waals surface area contributed by atoms with Crippen LogP contribution in [0.15, 0.2) is 30.3 Å². The number of benzene rings is 2. The molecule has 0 heterocycles. The van der Waals surface area contributed by atoms with Crippen LogP contribution in [-0.2, 0) is 17.2 Å². The Hall–Kier alpha value is -2.02. The lowest BCUT2D eigenvalue weighted by Crippen LogP contribution is -2.13. The van der Waals surface area contributed by atoms with Gasteiger partial charge in [0.2, 0.25) is 0 Å². The van der Waals surface area contributed by atoms with E-state index in [9.17, 15) is 22.8 Å². The molecule has 158 valence electrons. The number of phenolic OH excluding ortho intramolecular Hbond substituents is 1. The van der Waals surface area contributed by atoms with Crippen molar-refractivity contribution in [1.82, 2.24) is 0 Å². The summed E-state index contributed by atoms with van der Waals surface area (Å²) in [6, 6.07) is 7.12. The van der Waals surface area contributed by atoms with E-state index in [1.54, 1.807) is 12.1 Å². The van der Waals surface area contributed by atoms with Gasteiger partial charge >= 0.3 is 13.8 Å². The SMILES string of the molecule is CC(C)c1cc(C2CCc3cc(OCP(=O)(O)O)cc(C(F)(F)F)c32)ccc1O. The maximum Gasteiger partial charge on any atom is 0.416 e. The molecule has 0 saturated heterocycles. The maximum atomic E-state index is 13.8. The fourth-order valence-corrected chi connectivity index (χ4v) is 4.13. The van der Waals surface area contributed by atoms with Crippen molar-refractivity contribution >= 4 is 7.60 Å². The Morgan fingerprint density at radius 3 is 2.48 bits per heavy atom. The second-order valence-corrected chi connectivity index (χ2v) is 9.13. The molecule has 29 heavy (non-hydrogen) atoms. The highest BCUT2D eigenvalue weighted by Crippen LogP contribution is 2.48. The topological polar surface area (TPSA) is 87.0 Å². The Labute approximate surface area is 166 Å². The van der Waals surface area contributed by atoms with Gasteiger partial charge in [0, 0.05) is 5.92 Å². The van der Waals surface area contributed by atoms with Gasteiger partial charge in [-0.3, -0.25) is 4.57 Å². The van der Waals surface area contributed by atoms with Crippen LogP contribution in [0.5, 0.6) is 11.5 Å². The molecule has 2 aromatic rings. The molecule has 3 N–H and O–H groups in total. The number of aryl methyl sites for hydroxylation is 1.